The van der Waals surface area contributed by atoms with Crippen LogP contribution in [0.4, 0.5) is 0 Å². The van der Waals surface area contributed by atoms with Crippen LogP contribution < -0.4 is 10.1 Å². The zero-order valence-electron chi connectivity index (χ0n) is 13.9. The Bertz CT molecular complexity index is 703. The Balaban J connectivity index is 1.77. The van der Waals surface area contributed by atoms with Gasteiger partial charge in [0.25, 0.3) is 0 Å². The van der Waals surface area contributed by atoms with Gasteiger partial charge in [-0.25, -0.2) is 4.79 Å². The lowest BCUT2D eigenvalue weighted by atomic mass is 10.1. The lowest BCUT2D eigenvalue weighted by Gasteiger charge is -2.19. The van der Waals surface area contributed by atoms with Gasteiger partial charge >= 0.3 is 5.97 Å². The molecule has 25 heavy (non-hydrogen) atoms. The standard InChI is InChI=1S/C18H21NO5S/c1-22-16-10-23-9-14(16)19-8-13-7-12(17-3-2-6-25-17)4-5-15(13)24-11-18(20)21/h2-7,14,16,19H,8-11H2,1H3,(H,20,21)/t14-,16-/m0/s1. The molecule has 1 aliphatic rings. The second kappa shape index (κ2) is 8.44. The van der Waals surface area contributed by atoms with Gasteiger partial charge in [-0.05, 0) is 35.2 Å². The Morgan fingerprint density at radius 1 is 1.40 bits per heavy atom. The van der Waals surface area contributed by atoms with E-state index in [1.54, 1.807) is 18.4 Å². The first-order valence-corrected chi connectivity index (χ1v) is 8.90. The summed E-state index contributed by atoms with van der Waals surface area (Å²) in [6.07, 6.45) is 0.0175. The van der Waals surface area contributed by atoms with Gasteiger partial charge in [0.05, 0.1) is 25.4 Å². The van der Waals surface area contributed by atoms with Crippen LogP contribution in [-0.2, 0) is 20.8 Å². The van der Waals surface area contributed by atoms with Gasteiger partial charge in [0.15, 0.2) is 6.61 Å². The Labute approximate surface area is 150 Å². The third-order valence-electron chi connectivity index (χ3n) is 4.10. The molecule has 134 valence electrons. The van der Waals surface area contributed by atoms with E-state index in [-0.39, 0.29) is 18.8 Å². The summed E-state index contributed by atoms with van der Waals surface area (Å²) in [5.74, 6) is -0.423. The SMILES string of the molecule is CO[C@H]1COC[C@@H]1NCc1cc(-c2cccs2)ccc1OCC(=O)O. The quantitative estimate of drug-likeness (QED) is 0.750. The lowest BCUT2D eigenvalue weighted by molar-refractivity contribution is -0.139. The average molecular weight is 363 g/mol. The molecular formula is C18H21NO5S. The average Bonchev–Trinajstić information content (AvgIpc) is 3.29. The number of hydrogen-bond donors (Lipinski definition) is 2. The molecule has 0 aliphatic carbocycles. The first-order chi connectivity index (χ1) is 12.2. The van der Waals surface area contributed by atoms with E-state index in [1.165, 1.54) is 0 Å². The van der Waals surface area contributed by atoms with Crippen LogP contribution >= 0.6 is 11.3 Å². The van der Waals surface area contributed by atoms with Crippen molar-refractivity contribution in [1.29, 1.82) is 0 Å². The van der Waals surface area contributed by atoms with Crippen LogP contribution in [0.5, 0.6) is 5.75 Å². The molecule has 0 bridgehead atoms. The Kier molecular flexibility index (Phi) is 6.04. The third kappa shape index (κ3) is 4.58. The maximum absolute atomic E-state index is 10.8. The zero-order valence-corrected chi connectivity index (χ0v) is 14.8. The van der Waals surface area contributed by atoms with Crippen molar-refractivity contribution in [2.24, 2.45) is 0 Å². The molecule has 7 heteroatoms. The summed E-state index contributed by atoms with van der Waals surface area (Å²) in [5.41, 5.74) is 1.99. The van der Waals surface area contributed by atoms with Crippen molar-refractivity contribution in [2.45, 2.75) is 18.7 Å². The molecule has 1 aromatic heterocycles. The van der Waals surface area contributed by atoms with Gasteiger partial charge in [-0.2, -0.15) is 0 Å². The number of carboxylic acids is 1. The monoisotopic (exact) mass is 363 g/mol. The van der Waals surface area contributed by atoms with Gasteiger partial charge in [-0.3, -0.25) is 0 Å². The fourth-order valence-electron chi connectivity index (χ4n) is 2.79. The van der Waals surface area contributed by atoms with Gasteiger partial charge < -0.3 is 24.6 Å². The van der Waals surface area contributed by atoms with Crippen LogP contribution in [0.3, 0.4) is 0 Å². The van der Waals surface area contributed by atoms with Crippen LogP contribution in [0.1, 0.15) is 5.56 Å². The predicted octanol–water partition coefficient (Wildman–Crippen LogP) is 2.38. The second-order valence-corrected chi connectivity index (χ2v) is 6.73. The van der Waals surface area contributed by atoms with Gasteiger partial charge in [0, 0.05) is 24.1 Å². The summed E-state index contributed by atoms with van der Waals surface area (Å²) in [4.78, 5) is 12.0. The normalized spacial score (nSPS) is 19.9. The Morgan fingerprint density at radius 3 is 3.00 bits per heavy atom. The van der Waals surface area contributed by atoms with Crippen LogP contribution in [0.15, 0.2) is 35.7 Å². The molecule has 0 saturated carbocycles. The van der Waals surface area contributed by atoms with E-state index in [4.69, 9.17) is 19.3 Å². The van der Waals surface area contributed by atoms with E-state index in [0.29, 0.717) is 25.5 Å². The van der Waals surface area contributed by atoms with Crippen molar-refractivity contribution in [1.82, 2.24) is 5.32 Å². The highest BCUT2D eigenvalue weighted by atomic mass is 32.1. The fourth-order valence-corrected chi connectivity index (χ4v) is 3.52. The van der Waals surface area contributed by atoms with Crippen LogP contribution in [-0.4, -0.2) is 50.2 Å². The van der Waals surface area contributed by atoms with Crippen molar-refractivity contribution in [2.75, 3.05) is 26.9 Å². The van der Waals surface area contributed by atoms with Crippen molar-refractivity contribution >= 4 is 17.3 Å². The second-order valence-electron chi connectivity index (χ2n) is 5.78. The highest BCUT2D eigenvalue weighted by molar-refractivity contribution is 7.13. The molecule has 6 nitrogen and oxygen atoms in total. The molecule has 2 atom stereocenters. The molecule has 1 fully saturated rings. The van der Waals surface area contributed by atoms with E-state index < -0.39 is 5.97 Å². The summed E-state index contributed by atoms with van der Waals surface area (Å²) in [5, 5.41) is 14.3. The minimum Gasteiger partial charge on any atom is -0.482 e. The van der Waals surface area contributed by atoms with E-state index in [1.807, 2.05) is 29.6 Å². The number of hydrogen-bond acceptors (Lipinski definition) is 6. The zero-order chi connectivity index (χ0) is 17.6. The molecule has 1 saturated heterocycles. The van der Waals surface area contributed by atoms with Gasteiger partial charge in [-0.1, -0.05) is 6.07 Å². The number of thiophene rings is 1. The molecule has 2 aromatic rings. The maximum Gasteiger partial charge on any atom is 0.341 e. The molecule has 3 rings (SSSR count). The minimum absolute atomic E-state index is 0.0175. The number of rotatable bonds is 8. The Hall–Kier alpha value is -1.93. The summed E-state index contributed by atoms with van der Waals surface area (Å²) < 4.78 is 16.3. The fraction of sp³-hybridized carbons (Fsp3) is 0.389. The van der Waals surface area contributed by atoms with Crippen molar-refractivity contribution in [3.63, 3.8) is 0 Å². The van der Waals surface area contributed by atoms with E-state index in [2.05, 4.69) is 11.4 Å². The number of benzene rings is 1. The first kappa shape index (κ1) is 17.9. The summed E-state index contributed by atoms with van der Waals surface area (Å²) in [6, 6.07) is 9.97. The number of methoxy groups -OCH3 is 1. The first-order valence-electron chi connectivity index (χ1n) is 8.02. The van der Waals surface area contributed by atoms with Crippen molar-refractivity contribution in [3.8, 4) is 16.2 Å². The van der Waals surface area contributed by atoms with E-state index >= 15 is 0 Å². The number of nitrogens with one attached hydrogen (secondary N) is 1. The molecule has 2 N–H and O–H groups in total. The predicted molar refractivity (Wildman–Crippen MR) is 95.1 cm³/mol. The van der Waals surface area contributed by atoms with Crippen molar-refractivity contribution in [3.05, 3.63) is 41.3 Å². The smallest absolute Gasteiger partial charge is 0.341 e. The molecule has 1 aromatic carbocycles. The highest BCUT2D eigenvalue weighted by Crippen LogP contribution is 2.30. The molecule has 2 heterocycles. The number of carbonyl (C=O) groups is 1. The third-order valence-corrected chi connectivity index (χ3v) is 5.02. The van der Waals surface area contributed by atoms with Gasteiger partial charge in [0.2, 0.25) is 0 Å². The number of ether oxygens (including phenoxy) is 3. The topological polar surface area (TPSA) is 77.0 Å². The molecular weight excluding hydrogens is 342 g/mol. The molecule has 1 aliphatic heterocycles. The number of carboxylic acid groups (broad SMARTS) is 1. The highest BCUT2D eigenvalue weighted by Gasteiger charge is 2.27. The summed E-state index contributed by atoms with van der Waals surface area (Å²) in [6.45, 7) is 1.35. The van der Waals surface area contributed by atoms with E-state index in [0.717, 1.165) is 16.0 Å². The van der Waals surface area contributed by atoms with Gasteiger partial charge in [-0.15, -0.1) is 11.3 Å². The van der Waals surface area contributed by atoms with Crippen LogP contribution in [0.25, 0.3) is 10.4 Å². The molecule has 0 unspecified atom stereocenters. The summed E-state index contributed by atoms with van der Waals surface area (Å²) in [7, 11) is 1.67. The molecule has 0 amide bonds. The largest absolute Gasteiger partial charge is 0.482 e. The van der Waals surface area contributed by atoms with E-state index in [9.17, 15) is 4.79 Å². The molecule has 0 spiro atoms. The number of aliphatic carboxylic acids is 1. The van der Waals surface area contributed by atoms with Crippen LogP contribution in [0, 0.1) is 0 Å². The summed E-state index contributed by atoms with van der Waals surface area (Å²) >= 11 is 1.66. The van der Waals surface area contributed by atoms with Crippen LogP contribution in [0.2, 0.25) is 0 Å². The minimum atomic E-state index is -0.995. The maximum atomic E-state index is 10.8. The Morgan fingerprint density at radius 2 is 2.28 bits per heavy atom. The van der Waals surface area contributed by atoms with Crippen molar-refractivity contribution < 1.29 is 24.1 Å². The lowest BCUT2D eigenvalue weighted by Crippen LogP contribution is -2.39. The molecule has 0 radical (unpaired) electrons. The van der Waals surface area contributed by atoms with Gasteiger partial charge in [0.1, 0.15) is 5.75 Å².